The van der Waals surface area contributed by atoms with Gasteiger partial charge in [0.15, 0.2) is 6.29 Å². The van der Waals surface area contributed by atoms with Crippen LogP contribution in [0, 0.1) is 13.8 Å². The van der Waals surface area contributed by atoms with Crippen LogP contribution in [-0.2, 0) is 4.74 Å². The van der Waals surface area contributed by atoms with Crippen LogP contribution in [0.5, 0.6) is 0 Å². The molecular weight excluding hydrogens is 324 g/mol. The number of aliphatic hydroxyl groups excluding tert-OH is 2. The Hall–Kier alpha value is -1.54. The number of aliphatic hydroxyl groups is 3. The van der Waals surface area contributed by atoms with Crippen molar-refractivity contribution in [3.8, 4) is 0 Å². The average molecular weight is 345 g/mol. The molecule has 23 heavy (non-hydrogen) atoms. The molecule has 2 rings (SSSR count). The molecule has 2 unspecified atom stereocenters. The molecule has 0 bridgehead atoms. The summed E-state index contributed by atoms with van der Waals surface area (Å²) in [4.78, 5) is 15.2. The molecule has 0 radical (unpaired) electrons. The van der Waals surface area contributed by atoms with E-state index in [1.165, 1.54) is 6.92 Å². The number of carbonyl (C=O) groups is 1. The van der Waals surface area contributed by atoms with E-state index in [9.17, 15) is 20.1 Å². The summed E-state index contributed by atoms with van der Waals surface area (Å²) in [5, 5.41) is 33.3. The van der Waals surface area contributed by atoms with Crippen LogP contribution >= 0.6 is 11.6 Å². The van der Waals surface area contributed by atoms with Gasteiger partial charge in [-0.2, -0.15) is 0 Å². The second-order valence-corrected chi connectivity index (χ2v) is 6.27. The number of nitrogens with one attached hydrogen (secondary N) is 2. The number of aromatic amines is 1. The van der Waals surface area contributed by atoms with Crippen molar-refractivity contribution in [2.24, 2.45) is 0 Å². The molecule has 1 aromatic rings. The number of aromatic nitrogens is 1. The Morgan fingerprint density at radius 1 is 1.52 bits per heavy atom. The second-order valence-electron chi connectivity index (χ2n) is 5.90. The molecule has 1 saturated heterocycles. The Labute approximate surface area is 138 Å². The maximum Gasteiger partial charge on any atom is 0.269 e. The smallest absolute Gasteiger partial charge is 0.269 e. The summed E-state index contributed by atoms with van der Waals surface area (Å²) in [5.74, 6) is -0.678. The van der Waals surface area contributed by atoms with E-state index in [4.69, 9.17) is 16.3 Å². The summed E-state index contributed by atoms with van der Waals surface area (Å²) in [5.41, 5.74) is -0.106. The molecule has 0 spiro atoms. The first-order valence-corrected chi connectivity index (χ1v) is 7.55. The summed E-state index contributed by atoms with van der Waals surface area (Å²) < 4.78 is 4.88. The third-order valence-corrected chi connectivity index (χ3v) is 4.79. The van der Waals surface area contributed by atoms with Gasteiger partial charge in [-0.05, 0) is 26.3 Å². The van der Waals surface area contributed by atoms with Crippen molar-refractivity contribution in [1.82, 2.24) is 10.3 Å². The van der Waals surface area contributed by atoms with E-state index in [2.05, 4.69) is 16.9 Å². The van der Waals surface area contributed by atoms with Crippen molar-refractivity contribution < 1.29 is 24.9 Å². The first kappa shape index (κ1) is 17.8. The number of rotatable bonds is 3. The third-order valence-electron chi connectivity index (χ3n) is 4.32. The minimum Gasteiger partial charge on any atom is -0.467 e. The van der Waals surface area contributed by atoms with Gasteiger partial charge in [0.05, 0.1) is 11.1 Å². The lowest BCUT2D eigenvalue weighted by molar-refractivity contribution is -0.208. The molecule has 8 heteroatoms. The zero-order chi connectivity index (χ0) is 17.5. The first-order chi connectivity index (χ1) is 10.6. The Morgan fingerprint density at radius 3 is 2.65 bits per heavy atom. The Balaban J connectivity index is 2.20. The fourth-order valence-corrected chi connectivity index (χ4v) is 2.88. The van der Waals surface area contributed by atoms with Gasteiger partial charge >= 0.3 is 0 Å². The van der Waals surface area contributed by atoms with Crippen molar-refractivity contribution in [1.29, 1.82) is 0 Å². The number of ether oxygens (including phenoxy) is 1. The summed E-state index contributed by atoms with van der Waals surface area (Å²) in [6, 6.07) is -0.889. The molecule has 0 aromatic carbocycles. The lowest BCUT2D eigenvalue weighted by Gasteiger charge is -2.43. The maximum atomic E-state index is 12.4. The Bertz CT molecular complexity index is 644. The fourth-order valence-electron chi connectivity index (χ4n) is 2.60. The highest BCUT2D eigenvalue weighted by Gasteiger charge is 2.49. The molecule has 1 aliphatic rings. The zero-order valence-electron chi connectivity index (χ0n) is 13.2. The third kappa shape index (κ3) is 3.10. The number of hydrogen-bond acceptors (Lipinski definition) is 5. The molecule has 5 N–H and O–H groups in total. The van der Waals surface area contributed by atoms with Gasteiger partial charge in [0, 0.05) is 12.1 Å². The SMILES string of the molecule is C=C1OC(O)C[C@@](O)(C(C)NC(=O)c2[nH]c(C)c(C)c2Cl)[C@@H]1O. The van der Waals surface area contributed by atoms with Crippen LogP contribution in [0.25, 0.3) is 0 Å². The van der Waals surface area contributed by atoms with E-state index in [-0.39, 0.29) is 17.9 Å². The van der Waals surface area contributed by atoms with Gasteiger partial charge in [-0.15, -0.1) is 0 Å². The van der Waals surface area contributed by atoms with Gasteiger partial charge in [-0.1, -0.05) is 18.2 Å². The highest BCUT2D eigenvalue weighted by Crippen LogP contribution is 2.33. The van der Waals surface area contributed by atoms with Crippen molar-refractivity contribution in [2.75, 3.05) is 0 Å². The van der Waals surface area contributed by atoms with Crippen molar-refractivity contribution in [3.05, 3.63) is 34.3 Å². The monoisotopic (exact) mass is 344 g/mol. The molecule has 0 aliphatic carbocycles. The van der Waals surface area contributed by atoms with E-state index in [1.54, 1.807) is 13.8 Å². The van der Waals surface area contributed by atoms with Crippen LogP contribution in [0.4, 0.5) is 0 Å². The van der Waals surface area contributed by atoms with Crippen molar-refractivity contribution in [3.63, 3.8) is 0 Å². The quantitative estimate of drug-likeness (QED) is 0.555. The lowest BCUT2D eigenvalue weighted by atomic mass is 9.83. The van der Waals surface area contributed by atoms with Gasteiger partial charge in [0.25, 0.3) is 5.91 Å². The van der Waals surface area contributed by atoms with Gasteiger partial charge in [-0.3, -0.25) is 4.79 Å². The molecule has 7 nitrogen and oxygen atoms in total. The predicted molar refractivity (Wildman–Crippen MR) is 84.0 cm³/mol. The number of H-pyrrole nitrogens is 1. The van der Waals surface area contributed by atoms with Crippen LogP contribution < -0.4 is 5.32 Å². The minimum absolute atomic E-state index is 0.156. The van der Waals surface area contributed by atoms with E-state index in [1.807, 2.05) is 0 Å². The largest absolute Gasteiger partial charge is 0.467 e. The van der Waals surface area contributed by atoms with Crippen molar-refractivity contribution >= 4 is 17.5 Å². The van der Waals surface area contributed by atoms with E-state index in [0.29, 0.717) is 5.02 Å². The topological polar surface area (TPSA) is 115 Å². The first-order valence-electron chi connectivity index (χ1n) is 7.17. The van der Waals surface area contributed by atoms with E-state index in [0.717, 1.165) is 11.3 Å². The molecule has 0 saturated carbocycles. The molecule has 1 aromatic heterocycles. The average Bonchev–Trinajstić information content (AvgIpc) is 2.72. The second kappa shape index (κ2) is 6.16. The van der Waals surface area contributed by atoms with Gasteiger partial charge < -0.3 is 30.4 Å². The standard InChI is InChI=1S/C15H21ClN2O5/c1-6-7(2)17-12(11(6)16)14(21)18-9(4)15(22)5-10(19)23-8(3)13(15)20/h9-10,13,17,19-20,22H,3,5H2,1-2,4H3,(H,18,21)/t9?,10?,13-,15-/m1/s1. The van der Waals surface area contributed by atoms with Crippen LogP contribution in [0.2, 0.25) is 5.02 Å². The fraction of sp³-hybridized carbons (Fsp3) is 0.533. The highest BCUT2D eigenvalue weighted by molar-refractivity contribution is 6.34. The molecule has 2 heterocycles. The number of carbonyl (C=O) groups excluding carboxylic acids is 1. The van der Waals surface area contributed by atoms with Crippen LogP contribution in [0.1, 0.15) is 35.1 Å². The molecule has 4 atom stereocenters. The number of amides is 1. The Morgan fingerprint density at radius 2 is 2.13 bits per heavy atom. The maximum absolute atomic E-state index is 12.4. The number of hydrogen-bond donors (Lipinski definition) is 5. The van der Waals surface area contributed by atoms with Crippen LogP contribution in [0.15, 0.2) is 12.3 Å². The van der Waals surface area contributed by atoms with Crippen molar-refractivity contribution in [2.45, 2.75) is 51.2 Å². The molecular formula is C15H21ClN2O5. The van der Waals surface area contributed by atoms with Crippen LogP contribution in [0.3, 0.4) is 0 Å². The predicted octanol–water partition coefficient (Wildman–Crippen LogP) is 0.748. The number of halogens is 1. The zero-order valence-corrected chi connectivity index (χ0v) is 13.9. The molecule has 128 valence electrons. The summed E-state index contributed by atoms with van der Waals surface area (Å²) in [6.07, 6.45) is -3.02. The highest BCUT2D eigenvalue weighted by atomic mass is 35.5. The van der Waals surface area contributed by atoms with Crippen LogP contribution in [-0.4, -0.2) is 50.2 Å². The van der Waals surface area contributed by atoms with E-state index >= 15 is 0 Å². The Kier molecular flexibility index (Phi) is 4.77. The number of aryl methyl sites for hydroxylation is 1. The minimum atomic E-state index is -1.81. The van der Waals surface area contributed by atoms with Gasteiger partial charge in [0.2, 0.25) is 0 Å². The summed E-state index contributed by atoms with van der Waals surface area (Å²) in [6.45, 7) is 8.55. The molecule has 1 fully saturated rings. The lowest BCUT2D eigenvalue weighted by Crippen LogP contribution is -2.62. The molecule has 1 amide bonds. The summed E-state index contributed by atoms with van der Waals surface area (Å²) in [7, 11) is 0. The van der Waals surface area contributed by atoms with E-state index < -0.39 is 29.9 Å². The normalized spacial score (nSPS) is 29.1. The van der Waals surface area contributed by atoms with Gasteiger partial charge in [0.1, 0.15) is 23.2 Å². The summed E-state index contributed by atoms with van der Waals surface area (Å²) >= 11 is 6.11. The van der Waals surface area contributed by atoms with Gasteiger partial charge in [-0.25, -0.2) is 0 Å². The molecule has 1 aliphatic heterocycles.